The number of benzene rings is 1. The second kappa shape index (κ2) is 8.75. The third-order valence-corrected chi connectivity index (χ3v) is 7.35. The van der Waals surface area contributed by atoms with Crippen LogP contribution in [-0.2, 0) is 4.74 Å². The average Bonchev–Trinajstić information content (AvgIpc) is 3.42. The Morgan fingerprint density at radius 1 is 1.33 bits per heavy atom. The van der Waals surface area contributed by atoms with Gasteiger partial charge in [-0.2, -0.15) is 0 Å². The minimum Gasteiger partial charge on any atom is -0.377 e. The number of hydrogen-bond acceptors (Lipinski definition) is 6. The molecule has 1 atom stereocenters. The van der Waals surface area contributed by atoms with Crippen molar-refractivity contribution < 1.29 is 9.53 Å². The SMILES string of the molecule is O=C(Nc1nc(-c2ccc(Cl)s2)cs1)c1ccccc1SCC1CCCO1. The van der Waals surface area contributed by atoms with Gasteiger partial charge in [0, 0.05) is 22.6 Å². The average molecular weight is 437 g/mol. The lowest BCUT2D eigenvalue weighted by molar-refractivity contribution is 0.102. The Labute approximate surface area is 174 Å². The lowest BCUT2D eigenvalue weighted by Gasteiger charge is -2.11. The normalized spacial score (nSPS) is 16.6. The number of thioether (sulfide) groups is 1. The van der Waals surface area contributed by atoms with Crippen LogP contribution in [0.2, 0.25) is 4.34 Å². The molecule has 3 heterocycles. The van der Waals surface area contributed by atoms with Crippen molar-refractivity contribution >= 4 is 57.1 Å². The van der Waals surface area contributed by atoms with E-state index < -0.39 is 0 Å². The van der Waals surface area contributed by atoms with Crippen LogP contribution in [0.15, 0.2) is 46.7 Å². The predicted octanol–water partition coefficient (Wildman–Crippen LogP) is 6.05. The first kappa shape index (κ1) is 19.0. The number of anilines is 1. The number of amides is 1. The molecule has 27 heavy (non-hydrogen) atoms. The highest BCUT2D eigenvalue weighted by atomic mass is 35.5. The van der Waals surface area contributed by atoms with E-state index in [9.17, 15) is 4.79 Å². The molecule has 0 saturated carbocycles. The highest BCUT2D eigenvalue weighted by Gasteiger charge is 2.18. The zero-order chi connectivity index (χ0) is 18.6. The maximum atomic E-state index is 12.8. The molecule has 0 aliphatic carbocycles. The summed E-state index contributed by atoms with van der Waals surface area (Å²) in [7, 11) is 0. The van der Waals surface area contributed by atoms with E-state index in [1.807, 2.05) is 41.8 Å². The van der Waals surface area contributed by atoms with Gasteiger partial charge in [-0.15, -0.1) is 34.4 Å². The molecule has 0 spiro atoms. The van der Waals surface area contributed by atoms with Crippen molar-refractivity contribution in [2.45, 2.75) is 23.8 Å². The first-order valence-corrected chi connectivity index (χ1v) is 11.6. The van der Waals surface area contributed by atoms with Gasteiger partial charge in [0.1, 0.15) is 0 Å². The van der Waals surface area contributed by atoms with Crippen LogP contribution >= 0.6 is 46.0 Å². The molecular weight excluding hydrogens is 420 g/mol. The second-order valence-corrected chi connectivity index (χ2v) is 9.67. The van der Waals surface area contributed by atoms with E-state index in [1.54, 1.807) is 11.8 Å². The smallest absolute Gasteiger partial charge is 0.258 e. The molecule has 3 aromatic rings. The number of halogens is 1. The summed E-state index contributed by atoms with van der Waals surface area (Å²) < 4.78 is 6.40. The molecule has 1 aliphatic heterocycles. The van der Waals surface area contributed by atoms with Crippen molar-refractivity contribution in [3.05, 3.63) is 51.7 Å². The van der Waals surface area contributed by atoms with Crippen LogP contribution in [0.4, 0.5) is 5.13 Å². The Kier molecular flexibility index (Phi) is 6.14. The van der Waals surface area contributed by atoms with Gasteiger partial charge >= 0.3 is 0 Å². The van der Waals surface area contributed by atoms with Gasteiger partial charge in [-0.25, -0.2) is 4.98 Å². The summed E-state index contributed by atoms with van der Waals surface area (Å²) in [6, 6.07) is 11.4. The molecule has 1 saturated heterocycles. The Morgan fingerprint density at radius 2 is 2.22 bits per heavy atom. The van der Waals surface area contributed by atoms with Crippen LogP contribution in [0.5, 0.6) is 0 Å². The molecule has 0 radical (unpaired) electrons. The number of thiazole rings is 1. The number of nitrogens with one attached hydrogen (secondary N) is 1. The molecule has 4 rings (SSSR count). The zero-order valence-electron chi connectivity index (χ0n) is 14.3. The van der Waals surface area contributed by atoms with Crippen molar-refractivity contribution in [2.75, 3.05) is 17.7 Å². The van der Waals surface area contributed by atoms with Gasteiger partial charge in [-0.3, -0.25) is 10.1 Å². The third-order valence-electron chi connectivity index (χ3n) is 4.13. The van der Waals surface area contributed by atoms with Crippen molar-refractivity contribution in [1.29, 1.82) is 0 Å². The van der Waals surface area contributed by atoms with E-state index in [-0.39, 0.29) is 12.0 Å². The number of nitrogens with zero attached hydrogens (tertiary/aromatic N) is 1. The summed E-state index contributed by atoms with van der Waals surface area (Å²) in [5, 5.41) is 5.43. The molecule has 1 aromatic carbocycles. The lowest BCUT2D eigenvalue weighted by Crippen LogP contribution is -2.14. The molecule has 1 N–H and O–H groups in total. The summed E-state index contributed by atoms with van der Waals surface area (Å²) in [6.07, 6.45) is 2.50. The molecule has 2 aromatic heterocycles. The first-order chi connectivity index (χ1) is 13.2. The zero-order valence-corrected chi connectivity index (χ0v) is 17.5. The molecule has 0 bridgehead atoms. The molecule has 1 unspecified atom stereocenters. The van der Waals surface area contributed by atoms with E-state index in [2.05, 4.69) is 10.3 Å². The summed E-state index contributed by atoms with van der Waals surface area (Å²) in [5.74, 6) is 0.723. The molecule has 1 aliphatic rings. The largest absolute Gasteiger partial charge is 0.377 e. The van der Waals surface area contributed by atoms with E-state index in [0.717, 1.165) is 45.0 Å². The predicted molar refractivity (Wildman–Crippen MR) is 115 cm³/mol. The van der Waals surface area contributed by atoms with Gasteiger partial charge < -0.3 is 4.74 Å². The Balaban J connectivity index is 1.44. The van der Waals surface area contributed by atoms with E-state index >= 15 is 0 Å². The number of carbonyl (C=O) groups excluding carboxylic acids is 1. The molecule has 140 valence electrons. The number of ether oxygens (including phenoxy) is 1. The van der Waals surface area contributed by atoms with E-state index in [4.69, 9.17) is 16.3 Å². The van der Waals surface area contributed by atoms with Crippen LogP contribution in [-0.4, -0.2) is 29.4 Å². The van der Waals surface area contributed by atoms with Gasteiger partial charge in [0.2, 0.25) is 0 Å². The van der Waals surface area contributed by atoms with Crippen LogP contribution < -0.4 is 5.32 Å². The van der Waals surface area contributed by atoms with Crippen LogP contribution in [0, 0.1) is 0 Å². The van der Waals surface area contributed by atoms with Gasteiger partial charge in [0.15, 0.2) is 5.13 Å². The molecule has 4 nitrogen and oxygen atoms in total. The maximum Gasteiger partial charge on any atom is 0.258 e. The topological polar surface area (TPSA) is 51.2 Å². The number of aromatic nitrogens is 1. The van der Waals surface area contributed by atoms with Gasteiger partial charge in [0.25, 0.3) is 5.91 Å². The molecular formula is C19H17ClN2O2S3. The maximum absolute atomic E-state index is 12.8. The summed E-state index contributed by atoms with van der Waals surface area (Å²) in [6.45, 7) is 0.842. The van der Waals surface area contributed by atoms with Gasteiger partial charge in [-0.1, -0.05) is 23.7 Å². The molecule has 8 heteroatoms. The lowest BCUT2D eigenvalue weighted by atomic mass is 10.2. The Bertz CT molecular complexity index is 934. The fourth-order valence-electron chi connectivity index (χ4n) is 2.80. The fraction of sp³-hybridized carbons (Fsp3) is 0.263. The van der Waals surface area contributed by atoms with Crippen LogP contribution in [0.1, 0.15) is 23.2 Å². The van der Waals surface area contributed by atoms with Crippen molar-refractivity contribution in [3.63, 3.8) is 0 Å². The summed E-state index contributed by atoms with van der Waals surface area (Å²) in [4.78, 5) is 19.2. The van der Waals surface area contributed by atoms with Crippen molar-refractivity contribution in [1.82, 2.24) is 4.98 Å². The monoisotopic (exact) mass is 436 g/mol. The number of thiophene rings is 1. The summed E-state index contributed by atoms with van der Waals surface area (Å²) in [5.41, 5.74) is 1.49. The van der Waals surface area contributed by atoms with E-state index in [1.165, 1.54) is 22.7 Å². The minimum atomic E-state index is -0.143. The van der Waals surface area contributed by atoms with Crippen molar-refractivity contribution in [2.24, 2.45) is 0 Å². The quantitative estimate of drug-likeness (QED) is 0.478. The molecule has 1 amide bonds. The van der Waals surface area contributed by atoms with Crippen molar-refractivity contribution in [3.8, 4) is 10.6 Å². The highest BCUT2D eigenvalue weighted by molar-refractivity contribution is 7.99. The van der Waals surface area contributed by atoms with Gasteiger partial charge in [-0.05, 0) is 37.1 Å². The highest BCUT2D eigenvalue weighted by Crippen LogP contribution is 2.33. The third kappa shape index (κ3) is 4.73. The first-order valence-electron chi connectivity index (χ1n) is 8.55. The Hall–Kier alpha value is -1.38. The van der Waals surface area contributed by atoms with E-state index in [0.29, 0.717) is 10.7 Å². The minimum absolute atomic E-state index is 0.143. The fourth-order valence-corrected chi connectivity index (χ4v) is 5.70. The number of rotatable bonds is 6. The number of hydrogen-bond donors (Lipinski definition) is 1. The molecule has 1 fully saturated rings. The standard InChI is InChI=1S/C19H17ClN2O2S3/c20-17-8-7-16(27-17)14-11-26-19(21-14)22-18(23)13-5-1-2-6-15(13)25-10-12-4-3-9-24-12/h1-2,5-8,11-12H,3-4,9-10H2,(H,21,22,23). The summed E-state index contributed by atoms with van der Waals surface area (Å²) >= 11 is 10.5. The van der Waals surface area contributed by atoms with Crippen LogP contribution in [0.3, 0.4) is 0 Å². The number of carbonyl (C=O) groups is 1. The Morgan fingerprint density at radius 3 is 3.00 bits per heavy atom. The van der Waals surface area contributed by atoms with Gasteiger partial charge in [0.05, 0.1) is 26.6 Å². The van der Waals surface area contributed by atoms with Crippen LogP contribution in [0.25, 0.3) is 10.6 Å². The second-order valence-electron chi connectivity index (χ2n) is 6.04.